The number of carboxylic acids is 1. The fraction of sp³-hybridized carbons (Fsp3) is 0.462. The summed E-state index contributed by atoms with van der Waals surface area (Å²) in [5, 5.41) is 9.30. The molecule has 0 spiro atoms. The normalized spacial score (nSPS) is 14.0. The maximum atomic E-state index is 12.4. The topological polar surface area (TPSA) is 83.5 Å². The molecule has 118 valence electrons. The summed E-state index contributed by atoms with van der Waals surface area (Å²) >= 11 is 11.6. The zero-order valence-corrected chi connectivity index (χ0v) is 14.2. The van der Waals surface area contributed by atoms with Gasteiger partial charge in [-0.2, -0.15) is 0 Å². The largest absolute Gasteiger partial charge is 0.481 e. The molecule has 1 unspecified atom stereocenters. The number of carbonyl (C=O) groups is 1. The number of hydrogen-bond donors (Lipinski definition) is 2. The Bertz CT molecular complexity index is 618. The van der Waals surface area contributed by atoms with Crippen LogP contribution in [0.2, 0.25) is 10.0 Å². The van der Waals surface area contributed by atoms with Crippen LogP contribution in [0.5, 0.6) is 0 Å². The van der Waals surface area contributed by atoms with Crippen LogP contribution in [0.25, 0.3) is 0 Å². The molecule has 0 saturated carbocycles. The van der Waals surface area contributed by atoms with E-state index in [2.05, 4.69) is 4.72 Å². The molecule has 0 amide bonds. The van der Waals surface area contributed by atoms with Crippen LogP contribution in [-0.2, 0) is 14.8 Å². The monoisotopic (exact) mass is 353 g/mol. The van der Waals surface area contributed by atoms with Gasteiger partial charge >= 0.3 is 5.97 Å². The molecule has 0 heterocycles. The second-order valence-corrected chi connectivity index (χ2v) is 8.33. The first-order chi connectivity index (χ1) is 9.41. The second kappa shape index (κ2) is 6.52. The summed E-state index contributed by atoms with van der Waals surface area (Å²) < 4.78 is 27.1. The highest BCUT2D eigenvalue weighted by atomic mass is 35.5. The smallest absolute Gasteiger partial charge is 0.304 e. The minimum Gasteiger partial charge on any atom is -0.481 e. The molecule has 2 N–H and O–H groups in total. The third-order valence-electron chi connectivity index (χ3n) is 2.87. The number of hydrogen-bond acceptors (Lipinski definition) is 3. The van der Waals surface area contributed by atoms with E-state index in [1.165, 1.54) is 18.2 Å². The van der Waals surface area contributed by atoms with Gasteiger partial charge in [0.25, 0.3) is 0 Å². The Morgan fingerprint density at radius 1 is 1.24 bits per heavy atom. The molecule has 8 heteroatoms. The highest BCUT2D eigenvalue weighted by molar-refractivity contribution is 7.89. The van der Waals surface area contributed by atoms with Crippen molar-refractivity contribution in [2.24, 2.45) is 5.41 Å². The minimum atomic E-state index is -3.92. The fourth-order valence-electron chi connectivity index (χ4n) is 1.64. The van der Waals surface area contributed by atoms with Crippen LogP contribution in [0.15, 0.2) is 23.1 Å². The first kappa shape index (κ1) is 18.2. The molecule has 0 aliphatic carbocycles. The van der Waals surface area contributed by atoms with E-state index >= 15 is 0 Å². The first-order valence-corrected chi connectivity index (χ1v) is 8.36. The van der Waals surface area contributed by atoms with E-state index in [1.807, 2.05) is 0 Å². The van der Waals surface area contributed by atoms with Crippen LogP contribution in [-0.4, -0.2) is 25.5 Å². The Balaban J connectivity index is 3.14. The molecule has 0 aromatic heterocycles. The van der Waals surface area contributed by atoms with Gasteiger partial charge in [-0.1, -0.05) is 44.0 Å². The van der Waals surface area contributed by atoms with Crippen LogP contribution in [0.4, 0.5) is 0 Å². The second-order valence-electron chi connectivity index (χ2n) is 5.74. The van der Waals surface area contributed by atoms with Crippen molar-refractivity contribution in [2.45, 2.75) is 38.1 Å². The summed E-state index contributed by atoms with van der Waals surface area (Å²) in [7, 11) is -3.92. The number of halogens is 2. The molecule has 1 aromatic carbocycles. The summed E-state index contributed by atoms with van der Waals surface area (Å²) in [4.78, 5) is 10.8. The van der Waals surface area contributed by atoms with E-state index in [9.17, 15) is 13.2 Å². The molecule has 1 atom stereocenters. The standard InChI is InChI=1S/C13H17Cl2NO4S/c1-13(2,3)11(7-12(17)18)16-21(19,20)10-5-8(14)4-9(15)6-10/h4-6,11,16H,7H2,1-3H3,(H,17,18). The third kappa shape index (κ3) is 5.47. The summed E-state index contributed by atoms with van der Waals surface area (Å²) in [6.45, 7) is 5.27. The van der Waals surface area contributed by atoms with Gasteiger partial charge in [0.2, 0.25) is 10.0 Å². The molecular weight excluding hydrogens is 337 g/mol. The van der Waals surface area contributed by atoms with Crippen LogP contribution >= 0.6 is 23.2 Å². The molecular formula is C13H17Cl2NO4S. The Hall–Kier alpha value is -0.820. The lowest BCUT2D eigenvalue weighted by Gasteiger charge is -2.30. The number of benzene rings is 1. The predicted octanol–water partition coefficient (Wildman–Crippen LogP) is 3.16. The van der Waals surface area contributed by atoms with E-state index < -0.39 is 27.4 Å². The van der Waals surface area contributed by atoms with Crippen molar-refractivity contribution in [3.05, 3.63) is 28.2 Å². The van der Waals surface area contributed by atoms with Crippen LogP contribution in [0.3, 0.4) is 0 Å². The number of nitrogens with one attached hydrogen (secondary N) is 1. The van der Waals surface area contributed by atoms with Gasteiger partial charge in [-0.05, 0) is 23.6 Å². The van der Waals surface area contributed by atoms with E-state index in [1.54, 1.807) is 20.8 Å². The van der Waals surface area contributed by atoms with Gasteiger partial charge in [0, 0.05) is 16.1 Å². The van der Waals surface area contributed by atoms with E-state index in [-0.39, 0.29) is 21.4 Å². The molecule has 0 saturated heterocycles. The van der Waals surface area contributed by atoms with Crippen molar-refractivity contribution in [3.63, 3.8) is 0 Å². The maximum Gasteiger partial charge on any atom is 0.304 e. The van der Waals surface area contributed by atoms with Crippen LogP contribution in [0, 0.1) is 5.41 Å². The van der Waals surface area contributed by atoms with E-state index in [4.69, 9.17) is 28.3 Å². The average Bonchev–Trinajstić information content (AvgIpc) is 2.24. The molecule has 0 aliphatic rings. The van der Waals surface area contributed by atoms with Gasteiger partial charge < -0.3 is 5.11 Å². The quantitative estimate of drug-likeness (QED) is 0.851. The molecule has 0 aliphatic heterocycles. The Kier molecular flexibility index (Phi) is 5.66. The lowest BCUT2D eigenvalue weighted by atomic mass is 9.85. The molecule has 5 nitrogen and oxygen atoms in total. The number of carboxylic acid groups (broad SMARTS) is 1. The predicted molar refractivity (Wildman–Crippen MR) is 82.3 cm³/mol. The van der Waals surface area contributed by atoms with Crippen molar-refractivity contribution in [1.29, 1.82) is 0 Å². The first-order valence-electron chi connectivity index (χ1n) is 6.12. The Morgan fingerprint density at radius 2 is 1.71 bits per heavy atom. The molecule has 0 radical (unpaired) electrons. The Morgan fingerprint density at radius 3 is 2.10 bits per heavy atom. The van der Waals surface area contributed by atoms with Crippen molar-refractivity contribution >= 4 is 39.2 Å². The van der Waals surface area contributed by atoms with Gasteiger partial charge in [0.1, 0.15) is 0 Å². The van der Waals surface area contributed by atoms with Crippen molar-refractivity contribution in [3.8, 4) is 0 Å². The molecule has 0 fully saturated rings. The zero-order valence-electron chi connectivity index (χ0n) is 11.9. The molecule has 1 rings (SSSR count). The van der Waals surface area contributed by atoms with Crippen LogP contribution < -0.4 is 4.72 Å². The summed E-state index contributed by atoms with van der Waals surface area (Å²) in [6.07, 6.45) is -0.322. The Labute approximate surface area is 134 Å². The average molecular weight is 354 g/mol. The summed E-state index contributed by atoms with van der Waals surface area (Å²) in [5.41, 5.74) is -0.562. The third-order valence-corrected chi connectivity index (χ3v) is 4.76. The SMILES string of the molecule is CC(C)(C)C(CC(=O)O)NS(=O)(=O)c1cc(Cl)cc(Cl)c1. The van der Waals surface area contributed by atoms with Gasteiger partial charge in [0.15, 0.2) is 0 Å². The van der Waals surface area contributed by atoms with E-state index in [0.29, 0.717) is 0 Å². The summed E-state index contributed by atoms with van der Waals surface area (Å²) in [6, 6.07) is 3.17. The fourth-order valence-corrected chi connectivity index (χ4v) is 3.81. The minimum absolute atomic E-state index is 0.0976. The van der Waals surface area contributed by atoms with Crippen LogP contribution in [0.1, 0.15) is 27.2 Å². The van der Waals surface area contributed by atoms with Gasteiger partial charge in [0.05, 0.1) is 11.3 Å². The highest BCUT2D eigenvalue weighted by Crippen LogP contribution is 2.26. The lowest BCUT2D eigenvalue weighted by Crippen LogP contribution is -2.44. The summed E-state index contributed by atoms with van der Waals surface area (Å²) in [5.74, 6) is -1.08. The van der Waals surface area contributed by atoms with Gasteiger partial charge in [-0.25, -0.2) is 13.1 Å². The van der Waals surface area contributed by atoms with Gasteiger partial charge in [-0.3, -0.25) is 4.79 Å². The maximum absolute atomic E-state index is 12.4. The highest BCUT2D eigenvalue weighted by Gasteiger charge is 2.31. The lowest BCUT2D eigenvalue weighted by molar-refractivity contribution is -0.138. The van der Waals surface area contributed by atoms with Gasteiger partial charge in [-0.15, -0.1) is 0 Å². The number of rotatable bonds is 5. The van der Waals surface area contributed by atoms with Crippen molar-refractivity contribution in [2.75, 3.05) is 0 Å². The van der Waals surface area contributed by atoms with E-state index in [0.717, 1.165) is 0 Å². The molecule has 0 bridgehead atoms. The number of aliphatic carboxylic acids is 1. The molecule has 1 aromatic rings. The molecule has 21 heavy (non-hydrogen) atoms. The van der Waals surface area contributed by atoms with Crippen molar-refractivity contribution in [1.82, 2.24) is 4.72 Å². The zero-order chi connectivity index (χ0) is 16.4. The number of sulfonamides is 1. The van der Waals surface area contributed by atoms with Crippen molar-refractivity contribution < 1.29 is 18.3 Å².